The van der Waals surface area contributed by atoms with Gasteiger partial charge in [-0.1, -0.05) is 0 Å². The fourth-order valence-corrected chi connectivity index (χ4v) is 0.0544. The molecule has 0 heterocycles. The van der Waals surface area contributed by atoms with E-state index < -0.39 is 10.2 Å². The Bertz CT molecular complexity index is 82.3. The van der Waals surface area contributed by atoms with E-state index in [1.807, 2.05) is 0 Å². The van der Waals surface area contributed by atoms with Crippen LogP contribution in [0.1, 0.15) is 0 Å². The van der Waals surface area contributed by atoms with Gasteiger partial charge in [-0.15, -0.1) is 20.2 Å². The summed E-state index contributed by atoms with van der Waals surface area (Å²) in [5, 5.41) is 14.9. The van der Waals surface area contributed by atoms with Crippen LogP contribution in [0.3, 0.4) is 0 Å². The monoisotopic (exact) mass is 108 g/mol. The molecule has 0 atom stereocenters. The minimum atomic E-state index is -1.50. The smallest absolute Gasteiger partial charge is 0.105 e. The molecule has 40 valence electrons. The van der Waals surface area contributed by atoms with Gasteiger partial charge in [0, 0.05) is 4.94 Å². The molecule has 0 aromatic rings. The summed E-state index contributed by atoms with van der Waals surface area (Å²) in [4.78, 5) is 20.6. The highest BCUT2D eigenvalue weighted by Gasteiger charge is 2.05. The third-order valence-corrected chi connectivity index (χ3v) is 0.133. The van der Waals surface area contributed by atoms with Crippen LogP contribution in [-0.4, -0.2) is 10.2 Å². The number of nitrogens with zero attached hydrogens (tertiary/aromatic N) is 2. The van der Waals surface area contributed by atoms with Gasteiger partial charge >= 0.3 is 10.2 Å². The molecule has 7 heavy (non-hydrogen) atoms. The zero-order valence-corrected chi connectivity index (χ0v) is 2.94. The Balaban J connectivity index is 3.32. The maximum Gasteiger partial charge on any atom is 0.356 e. The molecule has 0 saturated carbocycles. The summed E-state index contributed by atoms with van der Waals surface area (Å²) in [7, 11) is 0. The molecule has 0 rings (SSSR count). The number of hydrogen-bond acceptors (Lipinski definition) is 5. The molecule has 0 saturated heterocycles. The first-order valence-corrected chi connectivity index (χ1v) is 1.10. The highest BCUT2D eigenvalue weighted by Crippen LogP contribution is 1.70. The molecule has 0 aliphatic carbocycles. The lowest BCUT2D eigenvalue weighted by atomic mass is 12.9. The van der Waals surface area contributed by atoms with Gasteiger partial charge in [0.2, 0.25) is 0 Å². The molecule has 0 N–H and O–H groups in total. The van der Waals surface area contributed by atoms with Gasteiger partial charge < -0.3 is 0 Å². The van der Waals surface area contributed by atoms with Crippen molar-refractivity contribution in [2.24, 2.45) is 0 Å². The van der Waals surface area contributed by atoms with E-state index in [2.05, 4.69) is 4.94 Å². The van der Waals surface area contributed by atoms with Crippen molar-refractivity contribution in [3.63, 3.8) is 0 Å². The lowest BCUT2D eigenvalue weighted by molar-refractivity contribution is -1.03. The Morgan fingerprint density at radius 1 is 1.14 bits per heavy atom. The van der Waals surface area contributed by atoms with Gasteiger partial charge in [-0.25, -0.2) is 0 Å². The molecule has 0 unspecified atom stereocenters. The quantitative estimate of drug-likeness (QED) is 0.347. The average Bonchev–Trinajstić information content (AvgIpc) is 1.27. The van der Waals surface area contributed by atoms with Crippen molar-refractivity contribution in [2.75, 3.05) is 0 Å². The van der Waals surface area contributed by atoms with E-state index in [1.165, 1.54) is 0 Å². The van der Waals surface area contributed by atoms with Crippen LogP contribution >= 0.6 is 0 Å². The first-order valence-electron chi connectivity index (χ1n) is 1.10. The fourth-order valence-electron chi connectivity index (χ4n) is 0.0544. The molecule has 7 nitrogen and oxygen atoms in total. The van der Waals surface area contributed by atoms with Gasteiger partial charge in [0.05, 0.1) is 0 Å². The first kappa shape index (κ1) is 5.60. The van der Waals surface area contributed by atoms with Gasteiger partial charge in [-0.05, 0) is 0 Å². The molecule has 0 aromatic heterocycles. The second-order valence-electron chi connectivity index (χ2n) is 0.529. The second-order valence-corrected chi connectivity index (χ2v) is 0.529. The minimum Gasteiger partial charge on any atom is -0.105 e. The van der Waals surface area contributed by atoms with Crippen LogP contribution in [0.15, 0.2) is 0 Å². The highest BCUT2D eigenvalue weighted by molar-refractivity contribution is 3.89. The third kappa shape index (κ3) is 4.60. The average molecular weight is 108 g/mol. The second kappa shape index (κ2) is 1.90. The van der Waals surface area contributed by atoms with Crippen molar-refractivity contribution in [1.82, 2.24) is 0 Å². The van der Waals surface area contributed by atoms with Crippen LogP contribution in [0.2, 0.25) is 0 Å². The van der Waals surface area contributed by atoms with Crippen molar-refractivity contribution < 1.29 is 15.1 Å². The molecule has 0 radical (unpaired) electrons. The Kier molecular flexibility index (Phi) is 1.52. The Morgan fingerprint density at radius 3 is 1.43 bits per heavy atom. The maximum atomic E-state index is 8.95. The molecular formula is N2O5. The highest BCUT2D eigenvalue weighted by atomic mass is 17.1. The zero-order valence-electron chi connectivity index (χ0n) is 2.94. The van der Waals surface area contributed by atoms with Gasteiger partial charge in [0.25, 0.3) is 0 Å². The summed E-state index contributed by atoms with van der Waals surface area (Å²) in [6.07, 6.45) is 0. The Morgan fingerprint density at radius 2 is 1.43 bits per heavy atom. The summed E-state index contributed by atoms with van der Waals surface area (Å²) in [5.41, 5.74) is 0. The van der Waals surface area contributed by atoms with E-state index in [0.717, 1.165) is 0 Å². The van der Waals surface area contributed by atoms with Crippen LogP contribution in [0, 0.1) is 20.2 Å². The van der Waals surface area contributed by atoms with Gasteiger partial charge in [-0.3, -0.25) is 0 Å². The van der Waals surface area contributed by atoms with Gasteiger partial charge in [0.15, 0.2) is 0 Å². The lowest BCUT2D eigenvalue weighted by Gasteiger charge is -1.71. The molecule has 0 aromatic carbocycles. The van der Waals surface area contributed by atoms with Crippen LogP contribution in [-0.2, 0) is 4.94 Å². The summed E-state index contributed by atoms with van der Waals surface area (Å²) in [6.45, 7) is 0. The van der Waals surface area contributed by atoms with Gasteiger partial charge in [0.1, 0.15) is 0 Å². The summed E-state index contributed by atoms with van der Waals surface area (Å²) >= 11 is 0. The van der Waals surface area contributed by atoms with E-state index in [4.69, 9.17) is 20.2 Å². The van der Waals surface area contributed by atoms with Crippen LogP contribution in [0.25, 0.3) is 0 Å². The predicted octanol–water partition coefficient (Wildman–Crippen LogP) is -0.614. The Hall–Kier alpha value is -1.40. The molecule has 0 bridgehead atoms. The van der Waals surface area contributed by atoms with Crippen LogP contribution < -0.4 is 0 Å². The third-order valence-electron chi connectivity index (χ3n) is 0.133. The van der Waals surface area contributed by atoms with E-state index in [-0.39, 0.29) is 0 Å². The largest absolute Gasteiger partial charge is 0.356 e. The normalized spacial score (nSPS) is 7.43. The van der Waals surface area contributed by atoms with Gasteiger partial charge in [-0.2, -0.15) is 0 Å². The predicted molar refractivity (Wildman–Crippen MR) is 15.1 cm³/mol. The number of rotatable bonds is 2. The molecule has 0 fully saturated rings. The topological polar surface area (TPSA) is 95.5 Å². The van der Waals surface area contributed by atoms with Crippen molar-refractivity contribution in [3.05, 3.63) is 20.2 Å². The van der Waals surface area contributed by atoms with Crippen LogP contribution in [0.4, 0.5) is 0 Å². The standard InChI is InChI=1S/N2O5/c3-1(4)7-2(5)6. The summed E-state index contributed by atoms with van der Waals surface area (Å²) in [5.74, 6) is 0. The fraction of sp³-hybridized carbons (Fsp3) is 0. The summed E-state index contributed by atoms with van der Waals surface area (Å²) in [6, 6.07) is 0. The zero-order chi connectivity index (χ0) is 5.86. The molecule has 0 aliphatic heterocycles. The molecular weight excluding hydrogens is 108 g/mol. The number of hydrogen-bond donors (Lipinski definition) is 0. The van der Waals surface area contributed by atoms with Crippen molar-refractivity contribution in [1.29, 1.82) is 0 Å². The van der Waals surface area contributed by atoms with E-state index in [0.29, 0.717) is 0 Å². The maximum absolute atomic E-state index is 8.95. The van der Waals surface area contributed by atoms with Crippen LogP contribution in [0.5, 0.6) is 0 Å². The first-order chi connectivity index (χ1) is 3.13. The SMILES string of the molecule is O=[N+]([O-])O[N+](=O)[O-]. The van der Waals surface area contributed by atoms with E-state index in [1.54, 1.807) is 0 Å². The molecule has 0 spiro atoms. The molecule has 7 heteroatoms. The lowest BCUT2D eigenvalue weighted by Crippen LogP contribution is -2.06. The summed E-state index contributed by atoms with van der Waals surface area (Å²) < 4.78 is 0. The van der Waals surface area contributed by atoms with Crippen molar-refractivity contribution in [2.45, 2.75) is 0 Å². The Labute approximate surface area is 36.7 Å². The van der Waals surface area contributed by atoms with E-state index >= 15 is 0 Å². The van der Waals surface area contributed by atoms with Crippen molar-refractivity contribution >= 4 is 0 Å². The minimum absolute atomic E-state index is 1.50. The molecule has 0 amide bonds. The van der Waals surface area contributed by atoms with E-state index in [9.17, 15) is 0 Å². The van der Waals surface area contributed by atoms with Crippen molar-refractivity contribution in [3.8, 4) is 0 Å². The molecule has 0 aliphatic rings.